The van der Waals surface area contributed by atoms with Crippen LogP contribution in [0.1, 0.15) is 13.8 Å². The summed E-state index contributed by atoms with van der Waals surface area (Å²) in [5.74, 6) is 0.501. The van der Waals surface area contributed by atoms with E-state index in [0.717, 1.165) is 35.2 Å². The van der Waals surface area contributed by atoms with E-state index in [1.807, 2.05) is 18.2 Å². The Morgan fingerprint density at radius 2 is 1.74 bits per heavy atom. The molecule has 1 aromatic heterocycles. The number of nitrogens with zero attached hydrogens (tertiary/aromatic N) is 2. The number of halogens is 1. The maximum Gasteiger partial charge on any atom is 0.150 e. The van der Waals surface area contributed by atoms with Gasteiger partial charge in [-0.25, -0.2) is 9.37 Å². The summed E-state index contributed by atoms with van der Waals surface area (Å²) in [6.45, 7) is 5.14. The van der Waals surface area contributed by atoms with Crippen LogP contribution >= 0.6 is 0 Å². The largest absolute Gasteiger partial charge is 0.485 e. The number of pyridine rings is 1. The van der Waals surface area contributed by atoms with E-state index in [2.05, 4.69) is 43.0 Å². The molecule has 0 aliphatic rings. The third-order valence-electron chi connectivity index (χ3n) is 4.63. The quantitative estimate of drug-likeness (QED) is 0.638. The topological polar surface area (TPSA) is 45.6 Å². The Kier molecular flexibility index (Phi) is 6.24. The fourth-order valence-corrected chi connectivity index (χ4v) is 3.07. The van der Waals surface area contributed by atoms with Crippen LogP contribution in [0.15, 0.2) is 54.6 Å². The minimum atomic E-state index is -0.849. The van der Waals surface area contributed by atoms with Gasteiger partial charge in [-0.1, -0.05) is 18.2 Å². The van der Waals surface area contributed by atoms with Crippen LogP contribution in [0.4, 0.5) is 10.1 Å². The van der Waals surface area contributed by atoms with Crippen LogP contribution in [0, 0.1) is 0 Å². The number of hydrogen-bond acceptors (Lipinski definition) is 4. The maximum absolute atomic E-state index is 12.8. The molecule has 4 nitrogen and oxygen atoms in total. The van der Waals surface area contributed by atoms with Gasteiger partial charge < -0.3 is 14.7 Å². The fraction of sp³-hybridized carbons (Fsp3) is 0.318. The average molecular weight is 368 g/mol. The molecule has 0 fully saturated rings. The van der Waals surface area contributed by atoms with E-state index in [0.29, 0.717) is 5.75 Å². The highest BCUT2D eigenvalue weighted by molar-refractivity contribution is 5.83. The highest BCUT2D eigenvalue weighted by Gasteiger charge is 2.10. The van der Waals surface area contributed by atoms with Crippen molar-refractivity contribution in [3.05, 3.63) is 54.6 Å². The highest BCUT2D eigenvalue weighted by atomic mass is 19.1. The van der Waals surface area contributed by atoms with E-state index in [9.17, 15) is 4.39 Å². The third kappa shape index (κ3) is 4.37. The summed E-state index contributed by atoms with van der Waals surface area (Å²) in [4.78, 5) is 7.03. The van der Waals surface area contributed by atoms with E-state index in [-0.39, 0.29) is 6.61 Å². The zero-order valence-electron chi connectivity index (χ0n) is 15.7. The summed E-state index contributed by atoms with van der Waals surface area (Å²) in [7, 11) is 0. The molecule has 0 saturated carbocycles. The Bertz CT molecular complexity index is 875. The summed E-state index contributed by atoms with van der Waals surface area (Å²) in [5, 5.41) is 10.1. The van der Waals surface area contributed by atoms with Crippen molar-refractivity contribution in [2.45, 2.75) is 20.0 Å². The van der Waals surface area contributed by atoms with Crippen molar-refractivity contribution in [2.75, 3.05) is 31.3 Å². The predicted molar refractivity (Wildman–Crippen MR) is 108 cm³/mol. The zero-order chi connectivity index (χ0) is 19.2. The van der Waals surface area contributed by atoms with Crippen molar-refractivity contribution < 1.29 is 14.2 Å². The van der Waals surface area contributed by atoms with Gasteiger partial charge in [-0.3, -0.25) is 0 Å². The first-order valence-corrected chi connectivity index (χ1v) is 9.28. The molecule has 0 amide bonds. The molecule has 3 rings (SSSR count). The highest BCUT2D eigenvalue weighted by Crippen LogP contribution is 2.26. The van der Waals surface area contributed by atoms with Gasteiger partial charge in [0.15, 0.2) is 0 Å². The number of fused-ring (bicyclic) bond motifs is 1. The molecule has 2 aromatic carbocycles. The second-order valence-electron chi connectivity index (χ2n) is 6.35. The van der Waals surface area contributed by atoms with E-state index < -0.39 is 12.8 Å². The molecule has 5 heteroatoms. The molecular weight excluding hydrogens is 343 g/mol. The standard InChI is InChI=1S/C22H25FN2O2/c1-3-25(4-2)18-9-5-16(6-10-18)21-12-8-17-7-11-19(13-22(17)24-21)27-20(14-23)15-26/h5-13,20,26H,3-4,14-15H2,1-2H3. The van der Waals surface area contributed by atoms with E-state index >= 15 is 0 Å². The molecule has 3 aromatic rings. The van der Waals surface area contributed by atoms with Gasteiger partial charge in [0.05, 0.1) is 17.8 Å². The number of hydrogen-bond donors (Lipinski definition) is 1. The molecule has 0 aliphatic carbocycles. The average Bonchev–Trinajstić information content (AvgIpc) is 2.73. The van der Waals surface area contributed by atoms with Gasteiger partial charge in [0.1, 0.15) is 18.5 Å². The SMILES string of the molecule is CCN(CC)c1ccc(-c2ccc3ccc(OC(CO)CF)cc3n2)cc1. The van der Waals surface area contributed by atoms with Gasteiger partial charge >= 0.3 is 0 Å². The van der Waals surface area contributed by atoms with Crippen molar-refractivity contribution in [2.24, 2.45) is 0 Å². The Labute approximate surface area is 159 Å². The van der Waals surface area contributed by atoms with Gasteiger partial charge in [-0.15, -0.1) is 0 Å². The molecule has 1 atom stereocenters. The van der Waals surface area contributed by atoms with Crippen molar-refractivity contribution in [1.82, 2.24) is 4.98 Å². The van der Waals surface area contributed by atoms with Crippen molar-refractivity contribution in [1.29, 1.82) is 0 Å². The van der Waals surface area contributed by atoms with Crippen LogP contribution in [0.2, 0.25) is 0 Å². The van der Waals surface area contributed by atoms with Crippen LogP contribution < -0.4 is 9.64 Å². The van der Waals surface area contributed by atoms with Gasteiger partial charge in [-0.2, -0.15) is 0 Å². The van der Waals surface area contributed by atoms with Crippen LogP contribution in [0.3, 0.4) is 0 Å². The van der Waals surface area contributed by atoms with Gasteiger partial charge in [0.25, 0.3) is 0 Å². The summed E-state index contributed by atoms with van der Waals surface area (Å²) < 4.78 is 18.2. The Morgan fingerprint density at radius 1 is 1.04 bits per heavy atom. The number of aliphatic hydroxyl groups excluding tert-OH is 1. The molecule has 0 radical (unpaired) electrons. The lowest BCUT2D eigenvalue weighted by Gasteiger charge is -2.21. The Morgan fingerprint density at radius 3 is 2.37 bits per heavy atom. The van der Waals surface area contributed by atoms with E-state index in [1.165, 1.54) is 5.69 Å². The number of alkyl halides is 1. The molecule has 142 valence electrons. The Hall–Kier alpha value is -2.66. The molecule has 0 aliphatic heterocycles. The van der Waals surface area contributed by atoms with Crippen LogP contribution in [-0.2, 0) is 0 Å². The molecular formula is C22H25FN2O2. The zero-order valence-corrected chi connectivity index (χ0v) is 15.7. The summed E-state index contributed by atoms with van der Waals surface area (Å²) in [5.41, 5.74) is 3.88. The number of ether oxygens (including phenoxy) is 1. The number of benzene rings is 2. The maximum atomic E-state index is 12.8. The third-order valence-corrected chi connectivity index (χ3v) is 4.63. The number of aliphatic hydroxyl groups is 1. The lowest BCUT2D eigenvalue weighted by atomic mass is 10.1. The molecule has 27 heavy (non-hydrogen) atoms. The summed E-state index contributed by atoms with van der Waals surface area (Å²) in [6, 6.07) is 17.8. The second kappa shape index (κ2) is 8.82. The fourth-order valence-electron chi connectivity index (χ4n) is 3.07. The van der Waals surface area contributed by atoms with Crippen LogP contribution in [0.25, 0.3) is 22.2 Å². The van der Waals surface area contributed by atoms with E-state index in [1.54, 1.807) is 12.1 Å². The molecule has 1 N–H and O–H groups in total. The monoisotopic (exact) mass is 368 g/mol. The van der Waals surface area contributed by atoms with Gasteiger partial charge in [-0.05, 0) is 44.2 Å². The second-order valence-corrected chi connectivity index (χ2v) is 6.35. The Balaban J connectivity index is 1.88. The molecule has 0 spiro atoms. The minimum absolute atomic E-state index is 0.360. The number of aromatic nitrogens is 1. The first-order valence-electron chi connectivity index (χ1n) is 9.28. The lowest BCUT2D eigenvalue weighted by molar-refractivity contribution is 0.0933. The molecule has 1 unspecified atom stereocenters. The lowest BCUT2D eigenvalue weighted by Crippen LogP contribution is -2.23. The number of rotatable bonds is 8. The minimum Gasteiger partial charge on any atom is -0.485 e. The van der Waals surface area contributed by atoms with Crippen LogP contribution in [-0.4, -0.2) is 42.6 Å². The normalized spacial score (nSPS) is 12.1. The molecule has 1 heterocycles. The van der Waals surface area contributed by atoms with E-state index in [4.69, 9.17) is 14.8 Å². The van der Waals surface area contributed by atoms with Crippen molar-refractivity contribution in [3.63, 3.8) is 0 Å². The summed E-state index contributed by atoms with van der Waals surface area (Å²) >= 11 is 0. The summed E-state index contributed by atoms with van der Waals surface area (Å²) in [6.07, 6.45) is -0.849. The van der Waals surface area contributed by atoms with Gasteiger partial charge in [0, 0.05) is 35.8 Å². The van der Waals surface area contributed by atoms with Crippen molar-refractivity contribution in [3.8, 4) is 17.0 Å². The van der Waals surface area contributed by atoms with Gasteiger partial charge in [0.2, 0.25) is 0 Å². The molecule has 0 saturated heterocycles. The first-order chi connectivity index (χ1) is 13.2. The predicted octanol–water partition coefficient (Wildman–Crippen LogP) is 4.46. The first kappa shape index (κ1) is 19.1. The van der Waals surface area contributed by atoms with Crippen molar-refractivity contribution >= 4 is 16.6 Å². The molecule has 0 bridgehead atoms. The van der Waals surface area contributed by atoms with Crippen LogP contribution in [0.5, 0.6) is 5.75 Å². The smallest absolute Gasteiger partial charge is 0.150 e. The number of anilines is 1.